The van der Waals surface area contributed by atoms with Crippen LogP contribution in [-0.2, 0) is 16.8 Å². The maximum atomic E-state index is 8.00. The predicted octanol–water partition coefficient (Wildman–Crippen LogP) is -1.62. The molecule has 0 aromatic heterocycles. The van der Waals surface area contributed by atoms with E-state index in [-0.39, 0.29) is 22.7 Å². The summed E-state index contributed by atoms with van der Waals surface area (Å²) in [5.41, 5.74) is 9.39. The van der Waals surface area contributed by atoms with E-state index in [1.807, 2.05) is 0 Å². The summed E-state index contributed by atoms with van der Waals surface area (Å²) in [6.07, 6.45) is 0. The largest absolute Gasteiger partial charge is 0.444 e. The fraction of sp³-hybridized carbons (Fsp3) is 0. The van der Waals surface area contributed by atoms with Crippen molar-refractivity contribution < 1.29 is 16.8 Å². The average Bonchev–Trinajstić information content (AvgIpc) is 1.69. The third-order valence-electron chi connectivity index (χ3n) is 0.149. The molecule has 0 aliphatic heterocycles. The van der Waals surface area contributed by atoms with E-state index >= 15 is 0 Å². The van der Waals surface area contributed by atoms with Gasteiger partial charge in [0, 0.05) is 16.8 Å². The van der Waals surface area contributed by atoms with Gasteiger partial charge in [0.1, 0.15) is 0 Å². The molecule has 0 spiro atoms. The Kier molecular flexibility index (Phi) is 27.4. The molecule has 0 unspecified atom stereocenters. The molecule has 7 nitrogen and oxygen atoms in total. The van der Waals surface area contributed by atoms with Crippen LogP contribution in [0.2, 0.25) is 0 Å². The second-order valence-corrected chi connectivity index (χ2v) is 0.629. The summed E-state index contributed by atoms with van der Waals surface area (Å²) >= 11 is 0. The topological polar surface area (TPSA) is 143 Å². The van der Waals surface area contributed by atoms with E-state index in [0.717, 1.165) is 5.34 Å². The van der Waals surface area contributed by atoms with Crippen LogP contribution < -0.4 is 17.3 Å². The third-order valence-corrected chi connectivity index (χ3v) is 0.149. The van der Waals surface area contributed by atoms with Crippen molar-refractivity contribution in [3.05, 3.63) is 10.1 Å². The number of hydrazone groups is 1. The van der Waals surface area contributed by atoms with Crippen molar-refractivity contribution in [1.82, 2.24) is 0 Å². The van der Waals surface area contributed by atoms with Crippen LogP contribution in [0.5, 0.6) is 0 Å². The second-order valence-electron chi connectivity index (χ2n) is 0.629. The zero-order valence-corrected chi connectivity index (χ0v) is 5.32. The molecule has 57 valence electrons. The van der Waals surface area contributed by atoms with Crippen molar-refractivity contribution in [2.75, 3.05) is 0 Å². The van der Waals surface area contributed by atoms with Crippen LogP contribution in [0, 0.1) is 10.1 Å². The molecule has 0 heterocycles. The average molecular weight is 179 g/mol. The molecule has 6 N–H and O–H groups in total. The summed E-state index contributed by atoms with van der Waals surface area (Å²) in [7, 11) is 0. The van der Waals surface area contributed by atoms with Crippen molar-refractivity contribution in [3.63, 3.8) is 0 Å². The summed E-state index contributed by atoms with van der Waals surface area (Å²) in [6, 6.07) is 0. The van der Waals surface area contributed by atoms with Gasteiger partial charge in [0.15, 0.2) is 0 Å². The Bertz CT molecular complexity index is 79.0. The molecule has 0 amide bonds. The van der Waals surface area contributed by atoms with Gasteiger partial charge in [0.25, 0.3) is 0 Å². The molecule has 0 rings (SSSR count). The maximum Gasteiger partial charge on any atom is 0.208 e. The Hall–Kier alpha value is -1.02. The molecule has 0 fully saturated rings. The summed E-state index contributed by atoms with van der Waals surface area (Å²) in [6.45, 7) is 0. The minimum absolute atomic E-state index is 0. The van der Waals surface area contributed by atoms with Gasteiger partial charge in [-0.25, -0.2) is 0 Å². The summed E-state index contributed by atoms with van der Waals surface area (Å²) < 4.78 is 0. The van der Waals surface area contributed by atoms with Crippen molar-refractivity contribution >= 4 is 5.96 Å². The van der Waals surface area contributed by atoms with Crippen molar-refractivity contribution in [2.24, 2.45) is 27.8 Å². The SMILES string of the molecule is NN=C(N)N.O=N[O-].[Co]. The van der Waals surface area contributed by atoms with Crippen molar-refractivity contribution in [2.45, 2.75) is 0 Å². The maximum absolute atomic E-state index is 8.00. The van der Waals surface area contributed by atoms with Gasteiger partial charge in [-0.2, -0.15) is 0 Å². The first kappa shape index (κ1) is 15.7. The van der Waals surface area contributed by atoms with E-state index in [9.17, 15) is 0 Å². The van der Waals surface area contributed by atoms with Crippen molar-refractivity contribution in [1.29, 1.82) is 0 Å². The van der Waals surface area contributed by atoms with Crippen LogP contribution in [0.25, 0.3) is 0 Å². The Morgan fingerprint density at radius 2 is 1.56 bits per heavy atom. The molecule has 8 heteroatoms. The Morgan fingerprint density at radius 3 is 1.56 bits per heavy atom. The van der Waals surface area contributed by atoms with E-state index in [1.54, 1.807) is 0 Å². The van der Waals surface area contributed by atoms with Gasteiger partial charge in [-0.1, -0.05) is 0 Å². The molecular formula is CH6CoN5O2-. The number of rotatable bonds is 0. The van der Waals surface area contributed by atoms with Crippen molar-refractivity contribution in [3.8, 4) is 0 Å². The van der Waals surface area contributed by atoms with Gasteiger partial charge >= 0.3 is 0 Å². The number of nitrogens with zero attached hydrogens (tertiary/aromatic N) is 2. The summed E-state index contributed by atoms with van der Waals surface area (Å²) in [5, 5.41) is 11.9. The minimum Gasteiger partial charge on any atom is -0.444 e. The monoisotopic (exact) mass is 179 g/mol. The molecule has 0 atom stereocenters. The summed E-state index contributed by atoms with van der Waals surface area (Å²) in [4.78, 5) is 8.00. The Balaban J connectivity index is -0.0000000800. The molecular weight excluding hydrogens is 173 g/mol. The molecule has 0 saturated carbocycles. The standard InChI is InChI=1S/CH6N4.Co.HNO2/c2-1(3)5-4;;2-1-3/h4H2,(H4,2,3,5);;(H,2,3)/p-1. The zero-order chi connectivity index (χ0) is 6.99. The van der Waals surface area contributed by atoms with Gasteiger partial charge in [-0.05, 0) is 0 Å². The van der Waals surface area contributed by atoms with E-state index in [4.69, 9.17) is 21.6 Å². The first-order chi connectivity index (χ1) is 3.68. The van der Waals surface area contributed by atoms with Gasteiger partial charge in [0.05, 0.1) is 0 Å². The molecule has 0 aliphatic carbocycles. The molecule has 0 aliphatic rings. The Morgan fingerprint density at radius 1 is 1.44 bits per heavy atom. The minimum atomic E-state index is -0.0926. The van der Waals surface area contributed by atoms with Gasteiger partial charge in [-0.15, -0.1) is 10.4 Å². The van der Waals surface area contributed by atoms with Gasteiger partial charge < -0.3 is 27.4 Å². The van der Waals surface area contributed by atoms with Crippen LogP contribution in [0.4, 0.5) is 0 Å². The van der Waals surface area contributed by atoms with Crippen LogP contribution in [-0.4, -0.2) is 5.96 Å². The first-order valence-corrected chi connectivity index (χ1v) is 1.42. The normalized spacial score (nSPS) is 4.89. The van der Waals surface area contributed by atoms with E-state index in [0.29, 0.717) is 0 Å². The van der Waals surface area contributed by atoms with Crippen LogP contribution in [0.3, 0.4) is 0 Å². The predicted molar refractivity (Wildman–Crippen MR) is 29.2 cm³/mol. The zero-order valence-electron chi connectivity index (χ0n) is 4.28. The fourth-order valence-electron chi connectivity index (χ4n) is 0. The van der Waals surface area contributed by atoms with E-state index < -0.39 is 0 Å². The second kappa shape index (κ2) is 15.8. The first-order valence-electron chi connectivity index (χ1n) is 1.42. The quantitative estimate of drug-likeness (QED) is 0.134. The molecule has 0 aromatic rings. The van der Waals surface area contributed by atoms with Gasteiger partial charge in [0.2, 0.25) is 5.96 Å². The number of nitrogens with two attached hydrogens (primary N) is 3. The van der Waals surface area contributed by atoms with E-state index in [2.05, 4.69) is 10.9 Å². The summed E-state index contributed by atoms with van der Waals surface area (Å²) in [5.74, 6) is 4.42. The molecule has 0 saturated heterocycles. The van der Waals surface area contributed by atoms with Crippen LogP contribution >= 0.6 is 0 Å². The number of hydrogen-bond acceptors (Lipinski definition) is 5. The molecule has 1 radical (unpaired) electrons. The van der Waals surface area contributed by atoms with Crippen LogP contribution in [0.1, 0.15) is 0 Å². The number of guanidine groups is 1. The third kappa shape index (κ3) is 181. The number of hydrogen-bond donors (Lipinski definition) is 3. The van der Waals surface area contributed by atoms with Gasteiger partial charge in [-0.3, -0.25) is 0 Å². The molecule has 9 heavy (non-hydrogen) atoms. The van der Waals surface area contributed by atoms with Crippen LogP contribution in [0.15, 0.2) is 10.4 Å². The molecule has 0 bridgehead atoms. The van der Waals surface area contributed by atoms with E-state index in [1.165, 1.54) is 0 Å². The fourth-order valence-corrected chi connectivity index (χ4v) is 0. The Labute approximate surface area is 61.4 Å². The molecule has 0 aromatic carbocycles. The smallest absolute Gasteiger partial charge is 0.208 e.